The van der Waals surface area contributed by atoms with Crippen molar-refractivity contribution < 1.29 is 5.11 Å². The van der Waals surface area contributed by atoms with E-state index >= 15 is 0 Å². The minimum Gasteiger partial charge on any atom is -0.388 e. The molecular formula is C16H19NOS. The van der Waals surface area contributed by atoms with Crippen LogP contribution in [0.5, 0.6) is 0 Å². The van der Waals surface area contributed by atoms with E-state index in [0.717, 1.165) is 17.7 Å². The zero-order chi connectivity index (χ0) is 13.7. The highest BCUT2D eigenvalue weighted by Crippen LogP contribution is 2.21. The normalized spacial score (nSPS) is 12.4. The lowest BCUT2D eigenvalue weighted by Gasteiger charge is -2.11. The second-order valence-corrected chi connectivity index (χ2v) is 5.38. The number of aryl methyl sites for hydroxylation is 1. The summed E-state index contributed by atoms with van der Waals surface area (Å²) in [7, 11) is 0. The molecule has 0 amide bonds. The van der Waals surface area contributed by atoms with Gasteiger partial charge in [0.1, 0.15) is 0 Å². The van der Waals surface area contributed by atoms with Gasteiger partial charge in [0.15, 0.2) is 0 Å². The number of hydrogen-bond donors (Lipinski definition) is 1. The van der Waals surface area contributed by atoms with E-state index in [1.54, 1.807) is 11.8 Å². The van der Waals surface area contributed by atoms with Crippen molar-refractivity contribution in [1.29, 1.82) is 0 Å². The average molecular weight is 273 g/mol. The van der Waals surface area contributed by atoms with Crippen LogP contribution in [0, 0.1) is 0 Å². The Hall–Kier alpha value is -1.32. The SMILES string of the molecule is CCc1ccc(CC(O)c2ccc(SC)cc2)nc1. The van der Waals surface area contributed by atoms with Gasteiger partial charge >= 0.3 is 0 Å². The first kappa shape index (κ1) is 14.1. The summed E-state index contributed by atoms with van der Waals surface area (Å²) in [4.78, 5) is 5.59. The van der Waals surface area contributed by atoms with Crippen molar-refractivity contribution in [1.82, 2.24) is 4.98 Å². The van der Waals surface area contributed by atoms with Gasteiger partial charge in [0.25, 0.3) is 0 Å². The Bertz CT molecular complexity index is 507. The lowest BCUT2D eigenvalue weighted by atomic mass is 10.0. The maximum Gasteiger partial charge on any atom is 0.0845 e. The highest BCUT2D eigenvalue weighted by Gasteiger charge is 2.09. The fourth-order valence-electron chi connectivity index (χ4n) is 1.93. The van der Waals surface area contributed by atoms with Crippen molar-refractivity contribution >= 4 is 11.8 Å². The number of benzene rings is 1. The van der Waals surface area contributed by atoms with Crippen LogP contribution in [0.15, 0.2) is 47.5 Å². The molecule has 1 heterocycles. The summed E-state index contributed by atoms with van der Waals surface area (Å²) in [5.74, 6) is 0. The molecule has 19 heavy (non-hydrogen) atoms. The van der Waals surface area contributed by atoms with Gasteiger partial charge in [0, 0.05) is 23.2 Å². The maximum atomic E-state index is 10.2. The Morgan fingerprint density at radius 1 is 1.16 bits per heavy atom. The van der Waals surface area contributed by atoms with Gasteiger partial charge in [-0.2, -0.15) is 0 Å². The van der Waals surface area contributed by atoms with Gasteiger partial charge in [-0.15, -0.1) is 11.8 Å². The Morgan fingerprint density at radius 3 is 2.42 bits per heavy atom. The monoisotopic (exact) mass is 273 g/mol. The molecule has 1 aromatic heterocycles. The average Bonchev–Trinajstić information content (AvgIpc) is 2.48. The van der Waals surface area contributed by atoms with Crippen molar-refractivity contribution in [2.45, 2.75) is 30.8 Å². The van der Waals surface area contributed by atoms with E-state index in [1.807, 2.05) is 42.8 Å². The summed E-state index contributed by atoms with van der Waals surface area (Å²) < 4.78 is 0. The van der Waals surface area contributed by atoms with Crippen LogP contribution in [0.4, 0.5) is 0 Å². The van der Waals surface area contributed by atoms with Gasteiger partial charge in [-0.05, 0) is 42.0 Å². The van der Waals surface area contributed by atoms with Crippen LogP contribution < -0.4 is 0 Å². The standard InChI is InChI=1S/C16H19NOS/c1-3-12-4-7-14(17-11-12)10-16(18)13-5-8-15(19-2)9-6-13/h4-9,11,16,18H,3,10H2,1-2H3. The predicted octanol–water partition coefficient (Wildman–Crippen LogP) is 3.64. The van der Waals surface area contributed by atoms with Crippen LogP contribution in [-0.4, -0.2) is 16.3 Å². The fraction of sp³-hybridized carbons (Fsp3) is 0.312. The van der Waals surface area contributed by atoms with Crippen molar-refractivity contribution in [3.05, 3.63) is 59.4 Å². The first-order chi connectivity index (χ1) is 9.22. The fourth-order valence-corrected chi connectivity index (χ4v) is 2.34. The zero-order valence-corrected chi connectivity index (χ0v) is 12.2. The molecule has 2 nitrogen and oxygen atoms in total. The zero-order valence-electron chi connectivity index (χ0n) is 11.3. The van der Waals surface area contributed by atoms with E-state index in [2.05, 4.69) is 18.0 Å². The van der Waals surface area contributed by atoms with E-state index in [4.69, 9.17) is 0 Å². The number of hydrogen-bond acceptors (Lipinski definition) is 3. The molecule has 1 N–H and O–H groups in total. The molecule has 0 bridgehead atoms. The molecule has 3 heteroatoms. The number of aliphatic hydroxyl groups is 1. The smallest absolute Gasteiger partial charge is 0.0845 e. The first-order valence-electron chi connectivity index (χ1n) is 6.48. The Balaban J connectivity index is 2.04. The Labute approximate surface area is 118 Å². The third kappa shape index (κ3) is 3.82. The maximum absolute atomic E-state index is 10.2. The third-order valence-electron chi connectivity index (χ3n) is 3.20. The van der Waals surface area contributed by atoms with E-state index in [0.29, 0.717) is 6.42 Å². The van der Waals surface area contributed by atoms with Crippen LogP contribution >= 0.6 is 11.8 Å². The minimum atomic E-state index is -0.490. The van der Waals surface area contributed by atoms with Gasteiger partial charge in [-0.1, -0.05) is 25.1 Å². The van der Waals surface area contributed by atoms with E-state index in [9.17, 15) is 5.11 Å². The van der Waals surface area contributed by atoms with Crippen LogP contribution in [0.1, 0.15) is 29.8 Å². The molecule has 0 spiro atoms. The van der Waals surface area contributed by atoms with Crippen LogP contribution in [0.2, 0.25) is 0 Å². The van der Waals surface area contributed by atoms with Gasteiger partial charge < -0.3 is 5.11 Å². The Kier molecular flexibility index (Phi) is 5.00. The largest absolute Gasteiger partial charge is 0.388 e. The van der Waals surface area contributed by atoms with Crippen molar-refractivity contribution in [2.24, 2.45) is 0 Å². The first-order valence-corrected chi connectivity index (χ1v) is 7.71. The van der Waals surface area contributed by atoms with E-state index in [-0.39, 0.29) is 0 Å². The van der Waals surface area contributed by atoms with Crippen LogP contribution in [0.25, 0.3) is 0 Å². The lowest BCUT2D eigenvalue weighted by Crippen LogP contribution is -2.03. The van der Waals surface area contributed by atoms with Crippen molar-refractivity contribution in [3.8, 4) is 0 Å². The van der Waals surface area contributed by atoms with Crippen molar-refractivity contribution in [3.63, 3.8) is 0 Å². The number of aliphatic hydroxyl groups excluding tert-OH is 1. The highest BCUT2D eigenvalue weighted by molar-refractivity contribution is 7.98. The number of rotatable bonds is 5. The summed E-state index contributed by atoms with van der Waals surface area (Å²) >= 11 is 1.70. The molecule has 1 atom stereocenters. The molecule has 1 aromatic carbocycles. The molecule has 0 saturated carbocycles. The highest BCUT2D eigenvalue weighted by atomic mass is 32.2. The lowest BCUT2D eigenvalue weighted by molar-refractivity contribution is 0.177. The molecule has 0 aliphatic heterocycles. The Morgan fingerprint density at radius 2 is 1.89 bits per heavy atom. The van der Waals surface area contributed by atoms with E-state index in [1.165, 1.54) is 10.5 Å². The van der Waals surface area contributed by atoms with Gasteiger partial charge in [-0.25, -0.2) is 0 Å². The quantitative estimate of drug-likeness (QED) is 0.844. The molecule has 0 aliphatic carbocycles. The molecule has 0 fully saturated rings. The van der Waals surface area contributed by atoms with Gasteiger partial charge in [0.05, 0.1) is 6.10 Å². The summed E-state index contributed by atoms with van der Waals surface area (Å²) in [6, 6.07) is 12.1. The molecule has 1 unspecified atom stereocenters. The molecule has 100 valence electrons. The molecule has 2 aromatic rings. The minimum absolute atomic E-state index is 0.490. The summed E-state index contributed by atoms with van der Waals surface area (Å²) in [6.45, 7) is 2.11. The summed E-state index contributed by atoms with van der Waals surface area (Å²) in [5.41, 5.74) is 3.10. The van der Waals surface area contributed by atoms with Gasteiger partial charge in [0.2, 0.25) is 0 Å². The molecule has 0 radical (unpaired) electrons. The predicted molar refractivity (Wildman–Crippen MR) is 80.5 cm³/mol. The summed E-state index contributed by atoms with van der Waals surface area (Å²) in [6.07, 6.45) is 4.99. The number of thioether (sulfide) groups is 1. The third-order valence-corrected chi connectivity index (χ3v) is 3.94. The number of aromatic nitrogens is 1. The van der Waals surface area contributed by atoms with Crippen molar-refractivity contribution in [2.75, 3.05) is 6.26 Å². The second kappa shape index (κ2) is 6.73. The second-order valence-electron chi connectivity index (χ2n) is 4.50. The molecule has 0 aliphatic rings. The van der Waals surface area contributed by atoms with E-state index < -0.39 is 6.10 Å². The topological polar surface area (TPSA) is 33.1 Å². The number of pyridine rings is 1. The molecular weight excluding hydrogens is 254 g/mol. The molecule has 0 saturated heterocycles. The van der Waals surface area contributed by atoms with Crippen LogP contribution in [0.3, 0.4) is 0 Å². The summed E-state index contributed by atoms with van der Waals surface area (Å²) in [5, 5.41) is 10.2. The molecule has 2 rings (SSSR count). The number of nitrogens with zero attached hydrogens (tertiary/aromatic N) is 1. The van der Waals surface area contributed by atoms with Gasteiger partial charge in [-0.3, -0.25) is 4.98 Å². The van der Waals surface area contributed by atoms with Crippen LogP contribution in [-0.2, 0) is 12.8 Å².